The monoisotopic (exact) mass is 504 g/mol. The van der Waals surface area contributed by atoms with Gasteiger partial charge in [-0.05, 0) is 56.4 Å². The summed E-state index contributed by atoms with van der Waals surface area (Å²) < 4.78 is 27.4. The first-order valence-electron chi connectivity index (χ1n) is 12.0. The van der Waals surface area contributed by atoms with Crippen LogP contribution in [0.5, 0.6) is 0 Å². The fourth-order valence-electron chi connectivity index (χ4n) is 4.19. The molecule has 0 saturated heterocycles. The topological polar surface area (TPSA) is 81.8 Å². The van der Waals surface area contributed by atoms with E-state index < -0.39 is 10.0 Å². The third kappa shape index (κ3) is 5.61. The number of anilines is 3. The van der Waals surface area contributed by atoms with Crippen molar-refractivity contribution in [3.63, 3.8) is 0 Å². The molecule has 188 valence electrons. The van der Waals surface area contributed by atoms with Crippen molar-refractivity contribution in [1.29, 1.82) is 0 Å². The minimum atomic E-state index is -3.43. The molecule has 0 spiro atoms. The third-order valence-electron chi connectivity index (χ3n) is 5.96. The van der Waals surface area contributed by atoms with Gasteiger partial charge in [-0.2, -0.15) is 0 Å². The van der Waals surface area contributed by atoms with Crippen molar-refractivity contribution in [3.8, 4) is 0 Å². The lowest BCUT2D eigenvalue weighted by Crippen LogP contribution is -2.38. The van der Waals surface area contributed by atoms with E-state index in [2.05, 4.69) is 10.6 Å². The Kier molecular flexibility index (Phi) is 7.76. The van der Waals surface area contributed by atoms with Crippen LogP contribution in [0, 0.1) is 0 Å². The Bertz CT molecular complexity index is 1350. The molecular weight excluding hydrogens is 472 g/mol. The van der Waals surface area contributed by atoms with Gasteiger partial charge in [0.1, 0.15) is 0 Å². The molecule has 3 aromatic rings. The fourth-order valence-corrected chi connectivity index (χ4v) is 5.73. The summed E-state index contributed by atoms with van der Waals surface area (Å²) in [5, 5.41) is 6.38. The molecule has 0 unspecified atom stereocenters. The normalized spacial score (nSPS) is 14.4. The number of likely N-dealkylation sites (N-methyl/N-ethyl adjacent to an activating group) is 1. The van der Waals surface area contributed by atoms with Gasteiger partial charge < -0.3 is 15.5 Å². The zero-order valence-electron chi connectivity index (χ0n) is 20.9. The van der Waals surface area contributed by atoms with Crippen molar-refractivity contribution < 1.29 is 13.2 Å². The smallest absolute Gasteiger partial charge is 0.258 e. The highest BCUT2D eigenvalue weighted by Crippen LogP contribution is 2.37. The van der Waals surface area contributed by atoms with Gasteiger partial charge in [-0.15, -0.1) is 0 Å². The standard InChI is InChI=1S/C28H32N4O3S/c1-4-20-36(34,35)32(19-18-31(2)3)23-16-14-22(15-17-23)29-27(21-10-6-5-7-11-21)26-24-12-8-9-13-25(24)30-28(26)33/h5-17,29H,4,18-20H2,1-3H3,(H,30,33). The molecule has 0 radical (unpaired) electrons. The molecule has 4 rings (SSSR count). The minimum Gasteiger partial charge on any atom is -0.354 e. The summed E-state index contributed by atoms with van der Waals surface area (Å²) >= 11 is 0. The number of sulfonamides is 1. The number of nitrogens with one attached hydrogen (secondary N) is 2. The average molecular weight is 505 g/mol. The molecule has 0 aromatic heterocycles. The molecular formula is C28H32N4O3S. The second-order valence-electron chi connectivity index (χ2n) is 8.98. The van der Waals surface area contributed by atoms with Crippen molar-refractivity contribution in [2.45, 2.75) is 13.3 Å². The second kappa shape index (κ2) is 11.0. The summed E-state index contributed by atoms with van der Waals surface area (Å²) in [5.41, 5.74) is 5.12. The Hall–Kier alpha value is -3.62. The summed E-state index contributed by atoms with van der Waals surface area (Å²) in [6.07, 6.45) is 0.554. The minimum absolute atomic E-state index is 0.0964. The van der Waals surface area contributed by atoms with Gasteiger partial charge in [0.2, 0.25) is 10.0 Å². The lowest BCUT2D eigenvalue weighted by molar-refractivity contribution is -0.110. The molecule has 0 bridgehead atoms. The van der Waals surface area contributed by atoms with E-state index in [0.717, 1.165) is 22.5 Å². The number of fused-ring (bicyclic) bond motifs is 1. The quantitative estimate of drug-likeness (QED) is 0.390. The van der Waals surface area contributed by atoms with Gasteiger partial charge in [0, 0.05) is 30.0 Å². The number of benzene rings is 3. The van der Waals surface area contributed by atoms with Gasteiger partial charge >= 0.3 is 0 Å². The van der Waals surface area contributed by atoms with Crippen molar-refractivity contribution in [2.75, 3.05) is 47.9 Å². The van der Waals surface area contributed by atoms with Crippen LogP contribution in [0.4, 0.5) is 17.1 Å². The van der Waals surface area contributed by atoms with Crippen molar-refractivity contribution in [3.05, 3.63) is 90.0 Å². The number of para-hydroxylation sites is 1. The van der Waals surface area contributed by atoms with Crippen LogP contribution in [-0.2, 0) is 14.8 Å². The molecule has 1 aliphatic rings. The van der Waals surface area contributed by atoms with Gasteiger partial charge in [0.05, 0.1) is 22.7 Å². The van der Waals surface area contributed by atoms with E-state index in [1.54, 1.807) is 12.1 Å². The third-order valence-corrected chi connectivity index (χ3v) is 7.95. The summed E-state index contributed by atoms with van der Waals surface area (Å²) in [6, 6.07) is 24.6. The summed E-state index contributed by atoms with van der Waals surface area (Å²) in [4.78, 5) is 15.0. The number of nitrogens with zero attached hydrogens (tertiary/aromatic N) is 2. The number of hydrogen-bond donors (Lipinski definition) is 2. The summed E-state index contributed by atoms with van der Waals surface area (Å²) in [6.45, 7) is 2.85. The predicted molar refractivity (Wildman–Crippen MR) is 148 cm³/mol. The van der Waals surface area contributed by atoms with E-state index in [9.17, 15) is 13.2 Å². The van der Waals surface area contributed by atoms with Crippen molar-refractivity contribution in [2.24, 2.45) is 0 Å². The van der Waals surface area contributed by atoms with E-state index in [0.29, 0.717) is 36.5 Å². The van der Waals surface area contributed by atoms with Crippen LogP contribution in [0.3, 0.4) is 0 Å². The Morgan fingerprint density at radius 2 is 1.56 bits per heavy atom. The van der Waals surface area contributed by atoms with E-state index in [1.165, 1.54) is 4.31 Å². The molecule has 3 aromatic carbocycles. The van der Waals surface area contributed by atoms with Crippen LogP contribution < -0.4 is 14.9 Å². The Morgan fingerprint density at radius 3 is 2.22 bits per heavy atom. The van der Waals surface area contributed by atoms with E-state index in [-0.39, 0.29) is 11.7 Å². The number of carbonyl (C=O) groups is 1. The van der Waals surface area contributed by atoms with Crippen LogP contribution in [0.25, 0.3) is 11.3 Å². The first-order valence-corrected chi connectivity index (χ1v) is 13.6. The zero-order valence-corrected chi connectivity index (χ0v) is 21.7. The zero-order chi connectivity index (χ0) is 25.7. The van der Waals surface area contributed by atoms with Gasteiger partial charge in [-0.3, -0.25) is 9.10 Å². The molecule has 36 heavy (non-hydrogen) atoms. The molecule has 1 heterocycles. The van der Waals surface area contributed by atoms with Crippen LogP contribution in [0.2, 0.25) is 0 Å². The van der Waals surface area contributed by atoms with Crippen LogP contribution in [0.1, 0.15) is 24.5 Å². The van der Waals surface area contributed by atoms with Crippen molar-refractivity contribution >= 4 is 44.3 Å². The highest BCUT2D eigenvalue weighted by Gasteiger charge is 2.28. The van der Waals surface area contributed by atoms with Gasteiger partial charge in [-0.1, -0.05) is 55.5 Å². The van der Waals surface area contributed by atoms with Gasteiger partial charge in [0.15, 0.2) is 0 Å². The van der Waals surface area contributed by atoms with Crippen LogP contribution in [-0.4, -0.2) is 52.2 Å². The molecule has 0 saturated carbocycles. The molecule has 7 nitrogen and oxygen atoms in total. The lowest BCUT2D eigenvalue weighted by Gasteiger charge is -2.26. The molecule has 8 heteroatoms. The number of rotatable bonds is 10. The predicted octanol–water partition coefficient (Wildman–Crippen LogP) is 4.73. The second-order valence-corrected chi connectivity index (χ2v) is 11.0. The molecule has 0 fully saturated rings. The highest BCUT2D eigenvalue weighted by atomic mass is 32.2. The molecule has 1 aliphatic heterocycles. The SMILES string of the molecule is CCCS(=O)(=O)N(CCN(C)C)c1ccc(NC(=C2C(=O)Nc3ccccc32)c2ccccc2)cc1. The first kappa shape index (κ1) is 25.5. The van der Waals surface area contributed by atoms with Crippen LogP contribution in [0.15, 0.2) is 78.9 Å². The number of amides is 1. The Labute approximate surface area is 213 Å². The maximum atomic E-state index is 13.0. The fraction of sp³-hybridized carbons (Fsp3) is 0.250. The summed E-state index contributed by atoms with van der Waals surface area (Å²) in [5.74, 6) is -0.0705. The van der Waals surface area contributed by atoms with E-state index >= 15 is 0 Å². The molecule has 2 N–H and O–H groups in total. The molecule has 0 atom stereocenters. The number of carbonyl (C=O) groups excluding carboxylic acids is 1. The van der Waals surface area contributed by atoms with E-state index in [4.69, 9.17) is 0 Å². The first-order chi connectivity index (χ1) is 17.3. The van der Waals surface area contributed by atoms with Crippen LogP contribution >= 0.6 is 0 Å². The number of hydrogen-bond acceptors (Lipinski definition) is 5. The van der Waals surface area contributed by atoms with Gasteiger partial charge in [0.25, 0.3) is 5.91 Å². The van der Waals surface area contributed by atoms with Crippen molar-refractivity contribution in [1.82, 2.24) is 4.90 Å². The molecule has 1 amide bonds. The maximum absolute atomic E-state index is 13.0. The maximum Gasteiger partial charge on any atom is 0.258 e. The highest BCUT2D eigenvalue weighted by molar-refractivity contribution is 7.92. The largest absolute Gasteiger partial charge is 0.354 e. The van der Waals surface area contributed by atoms with E-state index in [1.807, 2.05) is 92.6 Å². The Morgan fingerprint density at radius 1 is 0.889 bits per heavy atom. The average Bonchev–Trinajstić information content (AvgIpc) is 3.19. The van der Waals surface area contributed by atoms with Gasteiger partial charge in [-0.25, -0.2) is 8.42 Å². The summed E-state index contributed by atoms with van der Waals surface area (Å²) in [7, 11) is 0.419. The Balaban J connectivity index is 1.70. The molecule has 0 aliphatic carbocycles. The lowest BCUT2D eigenvalue weighted by atomic mass is 10.00.